The van der Waals surface area contributed by atoms with Crippen LogP contribution in [0.4, 0.5) is 13.2 Å². The molecule has 5 nitrogen and oxygen atoms in total. The molecule has 0 amide bonds. The Balaban J connectivity index is 2.18. The van der Waals surface area contributed by atoms with Gasteiger partial charge in [0.15, 0.2) is 0 Å². The fraction of sp³-hybridized carbons (Fsp3) is 0.250. The van der Waals surface area contributed by atoms with Crippen molar-refractivity contribution < 1.29 is 28.2 Å². The third kappa shape index (κ3) is 4.23. The number of rotatable bonds is 5. The van der Waals surface area contributed by atoms with Crippen molar-refractivity contribution in [2.24, 2.45) is 0 Å². The predicted molar refractivity (Wildman–Crippen MR) is 79.3 cm³/mol. The molecule has 128 valence electrons. The van der Waals surface area contributed by atoms with Crippen LogP contribution in [0.3, 0.4) is 0 Å². The van der Waals surface area contributed by atoms with E-state index >= 15 is 0 Å². The first-order valence-electron chi connectivity index (χ1n) is 6.97. The standard InChI is InChI=1S/C16H15F3N2O3/c1-9-2-7-13(22)12(21-9)8-20-14(15(23)24)10-3-5-11(6-4-10)16(17,18)19/h2-7,14,20,22H,8H2,1H3,(H,23,24). The number of nitrogens with one attached hydrogen (secondary N) is 1. The van der Waals surface area contributed by atoms with Crippen LogP contribution in [0.25, 0.3) is 0 Å². The van der Waals surface area contributed by atoms with E-state index in [4.69, 9.17) is 0 Å². The first kappa shape index (κ1) is 17.7. The molecule has 0 fully saturated rings. The van der Waals surface area contributed by atoms with Gasteiger partial charge in [0.2, 0.25) is 0 Å². The highest BCUT2D eigenvalue weighted by molar-refractivity contribution is 5.75. The third-order valence-corrected chi connectivity index (χ3v) is 3.38. The summed E-state index contributed by atoms with van der Waals surface area (Å²) in [6.07, 6.45) is -4.48. The van der Waals surface area contributed by atoms with Crippen molar-refractivity contribution in [3.8, 4) is 5.75 Å². The van der Waals surface area contributed by atoms with Gasteiger partial charge in [-0.1, -0.05) is 12.1 Å². The van der Waals surface area contributed by atoms with E-state index in [1.54, 1.807) is 13.0 Å². The second kappa shape index (κ2) is 6.88. The quantitative estimate of drug-likeness (QED) is 0.779. The highest BCUT2D eigenvalue weighted by atomic mass is 19.4. The predicted octanol–water partition coefficient (Wildman–Crippen LogP) is 3.03. The SMILES string of the molecule is Cc1ccc(O)c(CNC(C(=O)O)c2ccc(C(F)(F)F)cc2)n1. The molecule has 0 saturated heterocycles. The van der Waals surface area contributed by atoms with Crippen molar-refractivity contribution >= 4 is 5.97 Å². The number of pyridine rings is 1. The van der Waals surface area contributed by atoms with Crippen molar-refractivity contribution in [3.63, 3.8) is 0 Å². The third-order valence-electron chi connectivity index (χ3n) is 3.38. The maximum Gasteiger partial charge on any atom is 0.416 e. The zero-order valence-electron chi connectivity index (χ0n) is 12.6. The molecule has 0 aliphatic heterocycles. The highest BCUT2D eigenvalue weighted by Crippen LogP contribution is 2.30. The number of aliphatic carboxylic acids is 1. The number of aromatic nitrogens is 1. The zero-order chi connectivity index (χ0) is 17.9. The van der Waals surface area contributed by atoms with Gasteiger partial charge in [-0.2, -0.15) is 13.2 Å². The van der Waals surface area contributed by atoms with Crippen molar-refractivity contribution in [3.05, 3.63) is 58.9 Å². The van der Waals surface area contributed by atoms with Crippen LogP contribution in [-0.2, 0) is 17.5 Å². The molecule has 0 bridgehead atoms. The second-order valence-electron chi connectivity index (χ2n) is 5.19. The molecular formula is C16H15F3N2O3. The minimum atomic E-state index is -4.48. The summed E-state index contributed by atoms with van der Waals surface area (Å²) in [5, 5.41) is 21.7. The van der Waals surface area contributed by atoms with Crippen molar-refractivity contribution in [2.45, 2.75) is 25.7 Å². The van der Waals surface area contributed by atoms with Crippen LogP contribution in [0.15, 0.2) is 36.4 Å². The first-order chi connectivity index (χ1) is 11.2. The van der Waals surface area contributed by atoms with E-state index in [0.29, 0.717) is 5.69 Å². The van der Waals surface area contributed by atoms with Gasteiger partial charge in [-0.3, -0.25) is 15.1 Å². The molecule has 0 saturated carbocycles. The van der Waals surface area contributed by atoms with Crippen molar-refractivity contribution in [1.82, 2.24) is 10.3 Å². The lowest BCUT2D eigenvalue weighted by Crippen LogP contribution is -2.28. The minimum Gasteiger partial charge on any atom is -0.506 e. The van der Waals surface area contributed by atoms with Crippen LogP contribution in [0.1, 0.15) is 28.6 Å². The molecule has 24 heavy (non-hydrogen) atoms. The van der Waals surface area contributed by atoms with Gasteiger partial charge in [0.05, 0.1) is 11.3 Å². The lowest BCUT2D eigenvalue weighted by Gasteiger charge is -2.16. The zero-order valence-corrected chi connectivity index (χ0v) is 12.6. The number of benzene rings is 1. The summed E-state index contributed by atoms with van der Waals surface area (Å²) < 4.78 is 37.7. The van der Waals surface area contributed by atoms with Crippen LogP contribution in [0.2, 0.25) is 0 Å². The van der Waals surface area contributed by atoms with Crippen LogP contribution in [0.5, 0.6) is 5.75 Å². The summed E-state index contributed by atoms with van der Waals surface area (Å²) in [6.45, 7) is 1.67. The maximum atomic E-state index is 12.6. The number of hydrogen-bond acceptors (Lipinski definition) is 4. The van der Waals surface area contributed by atoms with E-state index in [0.717, 1.165) is 24.3 Å². The van der Waals surface area contributed by atoms with Crippen LogP contribution >= 0.6 is 0 Å². The van der Waals surface area contributed by atoms with Gasteiger partial charge in [0, 0.05) is 12.2 Å². The summed E-state index contributed by atoms with van der Waals surface area (Å²) in [4.78, 5) is 15.5. The average molecular weight is 340 g/mol. The number of carboxylic acid groups (broad SMARTS) is 1. The Kier molecular flexibility index (Phi) is 5.08. The Morgan fingerprint density at radius 2 is 1.83 bits per heavy atom. The van der Waals surface area contributed by atoms with Crippen LogP contribution in [0, 0.1) is 6.92 Å². The number of aromatic hydroxyl groups is 1. The largest absolute Gasteiger partial charge is 0.506 e. The molecule has 0 aliphatic carbocycles. The van der Waals surface area contributed by atoms with Gasteiger partial charge < -0.3 is 10.2 Å². The number of carboxylic acids is 1. The lowest BCUT2D eigenvalue weighted by molar-refractivity contribution is -0.139. The molecule has 1 atom stereocenters. The van der Waals surface area contributed by atoms with Gasteiger partial charge in [-0.15, -0.1) is 0 Å². The molecule has 1 unspecified atom stereocenters. The number of hydrogen-bond donors (Lipinski definition) is 3. The van der Waals surface area contributed by atoms with Gasteiger partial charge in [0.25, 0.3) is 0 Å². The average Bonchev–Trinajstić information content (AvgIpc) is 2.50. The lowest BCUT2D eigenvalue weighted by atomic mass is 10.0. The molecule has 0 radical (unpaired) electrons. The molecule has 3 N–H and O–H groups in total. The fourth-order valence-electron chi connectivity index (χ4n) is 2.14. The van der Waals surface area contributed by atoms with E-state index in [2.05, 4.69) is 10.3 Å². The van der Waals surface area contributed by atoms with Gasteiger partial charge >= 0.3 is 12.1 Å². The summed E-state index contributed by atoms with van der Waals surface area (Å²) in [5.74, 6) is -1.34. The molecule has 1 aromatic carbocycles. The Morgan fingerprint density at radius 1 is 1.21 bits per heavy atom. The number of aryl methyl sites for hydroxylation is 1. The van der Waals surface area contributed by atoms with E-state index in [-0.39, 0.29) is 23.6 Å². The monoisotopic (exact) mass is 340 g/mol. The number of nitrogens with zero attached hydrogens (tertiary/aromatic N) is 1. The summed E-state index contributed by atoms with van der Waals surface area (Å²) in [6, 6.07) is 5.69. The Morgan fingerprint density at radius 3 is 2.38 bits per heavy atom. The molecule has 2 rings (SSSR count). The molecule has 1 heterocycles. The van der Waals surface area contributed by atoms with E-state index < -0.39 is 23.8 Å². The van der Waals surface area contributed by atoms with Gasteiger partial charge in [0.1, 0.15) is 11.8 Å². The van der Waals surface area contributed by atoms with Crippen LogP contribution in [-0.4, -0.2) is 21.2 Å². The normalized spacial score (nSPS) is 12.8. The van der Waals surface area contributed by atoms with E-state index in [1.165, 1.54) is 6.07 Å². The Hall–Kier alpha value is -2.61. The summed E-state index contributed by atoms with van der Waals surface area (Å²) in [5.41, 5.74) is 0.218. The van der Waals surface area contributed by atoms with Gasteiger partial charge in [-0.25, -0.2) is 0 Å². The maximum absolute atomic E-state index is 12.6. The van der Waals surface area contributed by atoms with E-state index in [9.17, 15) is 28.2 Å². The molecular weight excluding hydrogens is 325 g/mol. The Bertz CT molecular complexity index is 730. The van der Waals surface area contributed by atoms with Crippen molar-refractivity contribution in [1.29, 1.82) is 0 Å². The Labute approximate surface area is 135 Å². The molecule has 2 aromatic rings. The second-order valence-corrected chi connectivity index (χ2v) is 5.19. The summed E-state index contributed by atoms with van der Waals surface area (Å²) >= 11 is 0. The number of carbonyl (C=O) groups is 1. The molecule has 0 spiro atoms. The fourth-order valence-corrected chi connectivity index (χ4v) is 2.14. The number of halogens is 3. The molecule has 1 aromatic heterocycles. The minimum absolute atomic E-state index is 0.0501. The smallest absolute Gasteiger partial charge is 0.416 e. The first-order valence-corrected chi connectivity index (χ1v) is 6.97. The molecule has 0 aliphatic rings. The molecule has 8 heteroatoms. The van der Waals surface area contributed by atoms with E-state index in [1.807, 2.05) is 0 Å². The van der Waals surface area contributed by atoms with Gasteiger partial charge in [-0.05, 0) is 36.8 Å². The van der Waals surface area contributed by atoms with Crippen molar-refractivity contribution in [2.75, 3.05) is 0 Å². The topological polar surface area (TPSA) is 82.5 Å². The highest BCUT2D eigenvalue weighted by Gasteiger charge is 2.30. The summed E-state index contributed by atoms with van der Waals surface area (Å²) in [7, 11) is 0. The van der Waals surface area contributed by atoms with Crippen LogP contribution < -0.4 is 5.32 Å². The number of alkyl halides is 3.